The van der Waals surface area contributed by atoms with E-state index >= 15 is 0 Å². The molecule has 4 saturated carbocycles. The van der Waals surface area contributed by atoms with Crippen LogP contribution in [0.15, 0.2) is 12.2 Å². The second kappa shape index (κ2) is 6.24. The molecule has 0 amide bonds. The maximum Gasteiger partial charge on any atom is 0.346 e. The van der Waals surface area contributed by atoms with Crippen LogP contribution in [-0.4, -0.2) is 42.1 Å². The smallest absolute Gasteiger partial charge is 0.346 e. The number of carbonyl (C=O) groups is 2. The number of hydrogen-bond donors (Lipinski definition) is 1. The molecule has 4 bridgehead atoms. The summed E-state index contributed by atoms with van der Waals surface area (Å²) in [4.78, 5) is 22.7. The molecule has 4 aliphatic rings. The molecule has 1 N–H and O–H groups in total. The fraction of sp³-hybridized carbons (Fsp3) is 0.765. The zero-order chi connectivity index (χ0) is 16.6. The van der Waals surface area contributed by atoms with Crippen molar-refractivity contribution in [2.45, 2.75) is 50.7 Å². The molecule has 2 atom stereocenters. The van der Waals surface area contributed by atoms with Gasteiger partial charge >= 0.3 is 11.9 Å². The van der Waals surface area contributed by atoms with E-state index < -0.39 is 24.1 Å². The van der Waals surface area contributed by atoms with Crippen molar-refractivity contribution < 1.29 is 28.9 Å². The maximum absolute atomic E-state index is 11.5. The summed E-state index contributed by atoms with van der Waals surface area (Å²) in [5, 5.41) is 10.5. The maximum atomic E-state index is 11.5. The average molecular weight is 324 g/mol. The van der Waals surface area contributed by atoms with Gasteiger partial charge in [-0.2, -0.15) is 0 Å². The Labute approximate surface area is 135 Å². The van der Waals surface area contributed by atoms with Crippen molar-refractivity contribution in [1.29, 1.82) is 0 Å². The summed E-state index contributed by atoms with van der Waals surface area (Å²) in [5.74, 6) is 0.0676. The molecule has 0 aromatic carbocycles. The van der Waals surface area contributed by atoms with Gasteiger partial charge < -0.3 is 19.3 Å². The second-order valence-electron chi connectivity index (χ2n) is 7.32. The van der Waals surface area contributed by atoms with Crippen molar-refractivity contribution in [2.24, 2.45) is 17.8 Å². The number of hydrogen-bond acceptors (Lipinski definition) is 6. The fourth-order valence-electron chi connectivity index (χ4n) is 4.67. The van der Waals surface area contributed by atoms with E-state index in [2.05, 4.69) is 6.58 Å². The van der Waals surface area contributed by atoms with Crippen LogP contribution in [0.2, 0.25) is 0 Å². The monoisotopic (exact) mass is 324 g/mol. The van der Waals surface area contributed by atoms with Crippen molar-refractivity contribution in [1.82, 2.24) is 0 Å². The van der Waals surface area contributed by atoms with Crippen molar-refractivity contribution in [3.05, 3.63) is 12.2 Å². The molecule has 6 heteroatoms. The van der Waals surface area contributed by atoms with Crippen molar-refractivity contribution in [3.8, 4) is 0 Å². The van der Waals surface area contributed by atoms with E-state index in [0.29, 0.717) is 17.8 Å². The van der Waals surface area contributed by atoms with E-state index in [0.717, 1.165) is 32.1 Å². The van der Waals surface area contributed by atoms with Crippen molar-refractivity contribution in [2.75, 3.05) is 13.4 Å². The highest BCUT2D eigenvalue weighted by molar-refractivity contribution is 5.88. The largest absolute Gasteiger partial charge is 0.450 e. The van der Waals surface area contributed by atoms with Crippen molar-refractivity contribution in [3.63, 3.8) is 0 Å². The lowest BCUT2D eigenvalue weighted by Crippen LogP contribution is -2.57. The highest BCUT2D eigenvalue weighted by Gasteiger charge is 2.55. The molecule has 0 spiro atoms. The van der Waals surface area contributed by atoms with Crippen LogP contribution in [0.3, 0.4) is 0 Å². The third kappa shape index (κ3) is 3.58. The quantitative estimate of drug-likeness (QED) is 0.454. The number of carbonyl (C=O) groups excluding carboxylic acids is 2. The Morgan fingerprint density at radius 1 is 1.17 bits per heavy atom. The Morgan fingerprint density at radius 3 is 2.39 bits per heavy atom. The van der Waals surface area contributed by atoms with Crippen LogP contribution in [0.1, 0.15) is 39.0 Å². The van der Waals surface area contributed by atoms with Crippen LogP contribution >= 0.6 is 0 Å². The van der Waals surface area contributed by atoms with Crippen LogP contribution in [0.5, 0.6) is 0 Å². The first-order valence-electron chi connectivity index (χ1n) is 8.18. The molecule has 4 fully saturated rings. The predicted octanol–water partition coefficient (Wildman–Crippen LogP) is 1.56. The van der Waals surface area contributed by atoms with E-state index in [9.17, 15) is 14.7 Å². The van der Waals surface area contributed by atoms with Crippen LogP contribution < -0.4 is 0 Å². The minimum Gasteiger partial charge on any atom is -0.450 e. The summed E-state index contributed by atoms with van der Waals surface area (Å²) < 4.78 is 15.5. The van der Waals surface area contributed by atoms with Gasteiger partial charge in [0, 0.05) is 5.57 Å². The van der Waals surface area contributed by atoms with E-state index in [4.69, 9.17) is 14.2 Å². The fourth-order valence-corrected chi connectivity index (χ4v) is 4.67. The zero-order valence-electron chi connectivity index (χ0n) is 13.5. The minimum absolute atomic E-state index is 0.0533. The molecule has 0 aromatic rings. The minimum atomic E-state index is -0.637. The number of aliphatic hydroxyl groups is 1. The number of ether oxygens (including phenoxy) is 3. The van der Waals surface area contributed by atoms with Crippen molar-refractivity contribution >= 4 is 11.9 Å². The summed E-state index contributed by atoms with van der Waals surface area (Å²) in [7, 11) is 0. The van der Waals surface area contributed by atoms with Gasteiger partial charge in [-0.1, -0.05) is 6.58 Å². The first kappa shape index (κ1) is 16.5. The highest BCUT2D eigenvalue weighted by Crippen LogP contribution is 2.56. The van der Waals surface area contributed by atoms with E-state index in [-0.39, 0.29) is 18.5 Å². The van der Waals surface area contributed by atoms with Gasteiger partial charge in [-0.3, -0.25) is 0 Å². The Morgan fingerprint density at radius 2 is 1.83 bits per heavy atom. The molecule has 0 saturated heterocycles. The Kier molecular flexibility index (Phi) is 4.47. The summed E-state index contributed by atoms with van der Waals surface area (Å²) >= 11 is 0. The molecule has 4 aliphatic carbocycles. The third-order valence-corrected chi connectivity index (χ3v) is 5.30. The third-order valence-electron chi connectivity index (χ3n) is 5.30. The Balaban J connectivity index is 1.41. The van der Waals surface area contributed by atoms with E-state index in [1.165, 1.54) is 6.92 Å². The standard InChI is InChI=1S/C17H24O6/c1-10(2)16(19)21-8-14(18)22-9-23-15-12-3-11-4-13(15)7-17(20,5-11)6-12/h11-13,15,20H,1,3-9H2,2H3. The second-order valence-corrected chi connectivity index (χ2v) is 7.32. The lowest BCUT2D eigenvalue weighted by molar-refractivity contribution is -0.217. The van der Waals surface area contributed by atoms with Crippen LogP contribution in [0, 0.1) is 17.8 Å². The summed E-state index contributed by atoms with van der Waals surface area (Å²) in [6.07, 6.45) is 4.73. The van der Waals surface area contributed by atoms with E-state index in [1.807, 2.05) is 0 Å². The topological polar surface area (TPSA) is 82.1 Å². The molecule has 23 heavy (non-hydrogen) atoms. The van der Waals surface area contributed by atoms with Gasteiger partial charge in [-0.05, 0) is 56.8 Å². The summed E-state index contributed by atoms with van der Waals surface area (Å²) in [6, 6.07) is 0. The number of esters is 2. The van der Waals surface area contributed by atoms with Gasteiger partial charge in [-0.25, -0.2) is 9.59 Å². The number of rotatable bonds is 6. The lowest BCUT2D eigenvalue weighted by atomic mass is 9.53. The lowest BCUT2D eigenvalue weighted by Gasteiger charge is -2.57. The molecule has 0 aromatic heterocycles. The Hall–Kier alpha value is -1.40. The van der Waals surface area contributed by atoms with E-state index in [1.54, 1.807) is 0 Å². The van der Waals surface area contributed by atoms with Gasteiger partial charge in [0.1, 0.15) is 0 Å². The summed E-state index contributed by atoms with van der Waals surface area (Å²) in [5.41, 5.74) is -0.260. The van der Waals surface area contributed by atoms with Gasteiger partial charge in [0.25, 0.3) is 0 Å². The van der Waals surface area contributed by atoms with Gasteiger partial charge in [0.15, 0.2) is 13.4 Å². The van der Waals surface area contributed by atoms with Crippen LogP contribution in [0.25, 0.3) is 0 Å². The molecule has 6 nitrogen and oxygen atoms in total. The van der Waals surface area contributed by atoms with Gasteiger partial charge in [0.05, 0.1) is 11.7 Å². The van der Waals surface area contributed by atoms with Crippen LogP contribution in [0.4, 0.5) is 0 Å². The van der Waals surface area contributed by atoms with Gasteiger partial charge in [0.2, 0.25) is 0 Å². The molecule has 0 aliphatic heterocycles. The molecular weight excluding hydrogens is 300 g/mol. The van der Waals surface area contributed by atoms with Gasteiger partial charge in [-0.15, -0.1) is 0 Å². The molecule has 0 radical (unpaired) electrons. The van der Waals surface area contributed by atoms with Crippen LogP contribution in [-0.2, 0) is 23.8 Å². The summed E-state index contributed by atoms with van der Waals surface area (Å²) in [6.45, 7) is 4.37. The first-order chi connectivity index (χ1) is 10.9. The SMILES string of the molecule is C=C(C)C(=O)OCC(=O)OCOC1C2CC3CC1CC(O)(C3)C2. The average Bonchev–Trinajstić information content (AvgIpc) is 2.45. The normalized spacial score (nSPS) is 37.5. The molecule has 0 heterocycles. The molecule has 128 valence electrons. The predicted molar refractivity (Wildman–Crippen MR) is 80.1 cm³/mol. The Bertz CT molecular complexity index is 497. The zero-order valence-corrected chi connectivity index (χ0v) is 13.5. The molecular formula is C17H24O6. The highest BCUT2D eigenvalue weighted by atomic mass is 16.7. The molecule has 4 rings (SSSR count). The molecule has 2 unspecified atom stereocenters. The first-order valence-corrected chi connectivity index (χ1v) is 8.18.